The van der Waals surface area contributed by atoms with E-state index in [1.807, 2.05) is 19.1 Å². The summed E-state index contributed by atoms with van der Waals surface area (Å²) in [4.78, 5) is 0. The van der Waals surface area contributed by atoms with Crippen LogP contribution in [0.2, 0.25) is 0 Å². The Labute approximate surface area is 80.7 Å². The fourth-order valence-electron chi connectivity index (χ4n) is 1.27. The van der Waals surface area contributed by atoms with Crippen molar-refractivity contribution in [2.45, 2.75) is 20.3 Å². The maximum Gasteiger partial charge on any atom is -0.00885 e. The molecule has 0 aromatic carbocycles. The SMILES string of the molecule is C=C(/C=C\C)C1=CC=C(C)C=CC1. The van der Waals surface area contributed by atoms with E-state index in [9.17, 15) is 0 Å². The Morgan fingerprint density at radius 2 is 2.23 bits per heavy atom. The Bertz CT molecular complexity index is 309. The van der Waals surface area contributed by atoms with Gasteiger partial charge in [0.1, 0.15) is 0 Å². The smallest absolute Gasteiger partial charge is 0.00885 e. The summed E-state index contributed by atoms with van der Waals surface area (Å²) in [6.07, 6.45) is 13.7. The van der Waals surface area contributed by atoms with Crippen molar-refractivity contribution in [2.75, 3.05) is 0 Å². The lowest BCUT2D eigenvalue weighted by molar-refractivity contribution is 1.25. The number of rotatable bonds is 2. The zero-order valence-corrected chi connectivity index (χ0v) is 8.38. The lowest BCUT2D eigenvalue weighted by atomic mass is 10.0. The second-order valence-corrected chi connectivity index (χ2v) is 3.23. The molecule has 0 radical (unpaired) electrons. The summed E-state index contributed by atoms with van der Waals surface area (Å²) in [5.41, 5.74) is 3.70. The Hall–Kier alpha value is -1.30. The van der Waals surface area contributed by atoms with Gasteiger partial charge in [0.05, 0.1) is 0 Å². The molecule has 1 aliphatic carbocycles. The van der Waals surface area contributed by atoms with Crippen molar-refractivity contribution in [3.8, 4) is 0 Å². The Morgan fingerprint density at radius 3 is 2.92 bits per heavy atom. The van der Waals surface area contributed by atoms with Gasteiger partial charge >= 0.3 is 0 Å². The molecule has 0 aromatic rings. The van der Waals surface area contributed by atoms with Crippen LogP contribution in [-0.4, -0.2) is 0 Å². The lowest BCUT2D eigenvalue weighted by Gasteiger charge is -2.01. The van der Waals surface area contributed by atoms with Crippen molar-refractivity contribution in [1.29, 1.82) is 0 Å². The summed E-state index contributed by atoms with van der Waals surface area (Å²) in [6, 6.07) is 0. The van der Waals surface area contributed by atoms with Crippen molar-refractivity contribution in [3.63, 3.8) is 0 Å². The van der Waals surface area contributed by atoms with Crippen molar-refractivity contribution in [3.05, 3.63) is 59.8 Å². The number of allylic oxidation sites excluding steroid dienone is 9. The molecule has 0 unspecified atom stereocenters. The highest BCUT2D eigenvalue weighted by Gasteiger charge is 1.98. The van der Waals surface area contributed by atoms with Crippen LogP contribution in [0, 0.1) is 0 Å². The van der Waals surface area contributed by atoms with Crippen molar-refractivity contribution in [2.24, 2.45) is 0 Å². The molecule has 0 heterocycles. The second kappa shape index (κ2) is 4.66. The molecule has 0 N–H and O–H groups in total. The van der Waals surface area contributed by atoms with Gasteiger partial charge in [0.2, 0.25) is 0 Å². The molecule has 13 heavy (non-hydrogen) atoms. The summed E-state index contributed by atoms with van der Waals surface area (Å²) >= 11 is 0. The fraction of sp³-hybridized carbons (Fsp3) is 0.231. The van der Waals surface area contributed by atoms with Gasteiger partial charge in [-0.2, -0.15) is 0 Å². The third kappa shape index (κ3) is 2.90. The normalized spacial score (nSPS) is 16.8. The highest BCUT2D eigenvalue weighted by atomic mass is 14.0. The minimum absolute atomic E-state index is 0.983. The molecule has 0 saturated carbocycles. The summed E-state index contributed by atoms with van der Waals surface area (Å²) in [7, 11) is 0. The molecule has 0 amide bonds. The first-order valence-corrected chi connectivity index (χ1v) is 4.60. The lowest BCUT2D eigenvalue weighted by Crippen LogP contribution is -1.82. The van der Waals surface area contributed by atoms with Gasteiger partial charge in [-0.1, -0.05) is 48.6 Å². The molecule has 0 heteroatoms. The molecule has 0 atom stereocenters. The van der Waals surface area contributed by atoms with Crippen LogP contribution in [-0.2, 0) is 0 Å². The van der Waals surface area contributed by atoms with Crippen LogP contribution in [0.1, 0.15) is 20.3 Å². The third-order valence-corrected chi connectivity index (χ3v) is 2.05. The van der Waals surface area contributed by atoms with E-state index in [1.165, 1.54) is 11.1 Å². The summed E-state index contributed by atoms with van der Waals surface area (Å²) in [5, 5.41) is 0. The highest BCUT2D eigenvalue weighted by molar-refractivity contribution is 5.43. The molecule has 0 nitrogen and oxygen atoms in total. The Morgan fingerprint density at radius 1 is 1.46 bits per heavy atom. The van der Waals surface area contributed by atoms with E-state index in [4.69, 9.17) is 0 Å². The Kier molecular flexibility index (Phi) is 3.51. The number of hydrogen-bond acceptors (Lipinski definition) is 0. The maximum absolute atomic E-state index is 4.02. The molecule has 0 bridgehead atoms. The molecule has 68 valence electrons. The van der Waals surface area contributed by atoms with Gasteiger partial charge < -0.3 is 0 Å². The predicted molar refractivity (Wildman–Crippen MR) is 59.6 cm³/mol. The van der Waals surface area contributed by atoms with Gasteiger partial charge in [-0.05, 0) is 31.4 Å². The van der Waals surface area contributed by atoms with Gasteiger partial charge in [-0.25, -0.2) is 0 Å². The molecule has 0 spiro atoms. The monoisotopic (exact) mass is 172 g/mol. The Balaban J connectivity index is 2.83. The van der Waals surface area contributed by atoms with Gasteiger partial charge in [0.15, 0.2) is 0 Å². The predicted octanol–water partition coefficient (Wildman–Crippen LogP) is 3.95. The van der Waals surface area contributed by atoms with Gasteiger partial charge in [-0.3, -0.25) is 0 Å². The minimum Gasteiger partial charge on any atom is -0.0915 e. The standard InChI is InChI=1S/C13H16/c1-4-6-12(3)13-8-5-7-11(2)9-10-13/h4-7,9-10H,3,8H2,1-2H3/b6-4-. The van der Waals surface area contributed by atoms with Crippen LogP contribution >= 0.6 is 0 Å². The topological polar surface area (TPSA) is 0 Å². The van der Waals surface area contributed by atoms with E-state index >= 15 is 0 Å². The van der Waals surface area contributed by atoms with E-state index in [0.717, 1.165) is 12.0 Å². The summed E-state index contributed by atoms with van der Waals surface area (Å²) in [5.74, 6) is 0. The van der Waals surface area contributed by atoms with Crippen molar-refractivity contribution in [1.82, 2.24) is 0 Å². The van der Waals surface area contributed by atoms with Crippen LogP contribution in [0.15, 0.2) is 59.8 Å². The first-order chi connectivity index (χ1) is 6.24. The van der Waals surface area contributed by atoms with Crippen LogP contribution < -0.4 is 0 Å². The average Bonchev–Trinajstić information content (AvgIpc) is 2.30. The van der Waals surface area contributed by atoms with Crippen LogP contribution in [0.4, 0.5) is 0 Å². The molecular weight excluding hydrogens is 156 g/mol. The van der Waals surface area contributed by atoms with Crippen LogP contribution in [0.5, 0.6) is 0 Å². The summed E-state index contributed by atoms with van der Waals surface area (Å²) < 4.78 is 0. The average molecular weight is 172 g/mol. The fourth-order valence-corrected chi connectivity index (χ4v) is 1.27. The molecule has 0 fully saturated rings. The van der Waals surface area contributed by atoms with Crippen molar-refractivity contribution < 1.29 is 0 Å². The van der Waals surface area contributed by atoms with Gasteiger partial charge in [0.25, 0.3) is 0 Å². The van der Waals surface area contributed by atoms with E-state index in [0.29, 0.717) is 0 Å². The minimum atomic E-state index is 0.983. The first-order valence-electron chi connectivity index (χ1n) is 4.60. The second-order valence-electron chi connectivity index (χ2n) is 3.23. The maximum atomic E-state index is 4.02. The molecule has 0 aliphatic heterocycles. The first kappa shape index (κ1) is 9.79. The molecular formula is C13H16. The van der Waals surface area contributed by atoms with Crippen LogP contribution in [0.25, 0.3) is 0 Å². The highest BCUT2D eigenvalue weighted by Crippen LogP contribution is 2.18. The number of hydrogen-bond donors (Lipinski definition) is 0. The zero-order valence-electron chi connectivity index (χ0n) is 8.38. The van der Waals surface area contributed by atoms with Gasteiger partial charge in [-0.15, -0.1) is 0 Å². The van der Waals surface area contributed by atoms with E-state index < -0.39 is 0 Å². The van der Waals surface area contributed by atoms with E-state index in [1.54, 1.807) is 0 Å². The largest absolute Gasteiger partial charge is 0.0915 e. The zero-order chi connectivity index (χ0) is 9.68. The van der Waals surface area contributed by atoms with E-state index in [-0.39, 0.29) is 0 Å². The van der Waals surface area contributed by atoms with Crippen molar-refractivity contribution >= 4 is 0 Å². The van der Waals surface area contributed by atoms with Crippen LogP contribution in [0.3, 0.4) is 0 Å². The molecule has 0 aromatic heterocycles. The quantitative estimate of drug-likeness (QED) is 0.553. The molecule has 1 aliphatic rings. The van der Waals surface area contributed by atoms with E-state index in [2.05, 4.69) is 37.8 Å². The third-order valence-electron chi connectivity index (χ3n) is 2.05. The molecule has 0 saturated heterocycles. The molecule has 1 rings (SSSR count). The summed E-state index contributed by atoms with van der Waals surface area (Å²) in [6.45, 7) is 8.14. The van der Waals surface area contributed by atoms with Gasteiger partial charge in [0, 0.05) is 0 Å².